The second kappa shape index (κ2) is 6.37. The summed E-state index contributed by atoms with van der Waals surface area (Å²) >= 11 is 0. The fraction of sp³-hybridized carbons (Fsp3) is 0.250. The number of aliphatic hydroxyl groups is 1. The summed E-state index contributed by atoms with van der Waals surface area (Å²) in [7, 11) is 1.43. The van der Waals surface area contributed by atoms with Crippen LogP contribution in [0.5, 0.6) is 11.5 Å². The highest BCUT2D eigenvalue weighted by Gasteiger charge is 2.32. The minimum absolute atomic E-state index is 0.00370. The molecule has 0 aromatic heterocycles. The number of hydrogen-bond acceptors (Lipinski definition) is 5. The molecule has 0 fully saturated rings. The number of aliphatic hydroxyl groups excluding tert-OH is 1. The van der Waals surface area contributed by atoms with Gasteiger partial charge in [-0.2, -0.15) is 0 Å². The van der Waals surface area contributed by atoms with Gasteiger partial charge in [0.1, 0.15) is 5.92 Å². The van der Waals surface area contributed by atoms with Gasteiger partial charge in [0.2, 0.25) is 0 Å². The Bertz CT molecular complexity index is 615. The predicted molar refractivity (Wildman–Crippen MR) is 77.0 cm³/mol. The number of allylic oxidation sites excluding steroid dienone is 2. The van der Waals surface area contributed by atoms with Crippen molar-refractivity contribution in [3.63, 3.8) is 0 Å². The Labute approximate surface area is 122 Å². The van der Waals surface area contributed by atoms with Crippen LogP contribution >= 0.6 is 0 Å². The first-order valence-electron chi connectivity index (χ1n) is 6.50. The molecule has 5 nitrogen and oxygen atoms in total. The van der Waals surface area contributed by atoms with Gasteiger partial charge in [0, 0.05) is 0 Å². The molecule has 5 heteroatoms. The summed E-state index contributed by atoms with van der Waals surface area (Å²) in [5.74, 6) is -1.56. The number of carbonyl (C=O) groups excluding carboxylic acids is 2. The summed E-state index contributed by atoms with van der Waals surface area (Å²) in [6, 6.07) is 4.63. The lowest BCUT2D eigenvalue weighted by molar-refractivity contribution is -0.132. The van der Waals surface area contributed by atoms with Gasteiger partial charge >= 0.3 is 0 Å². The molecule has 0 amide bonds. The fourth-order valence-electron chi connectivity index (χ4n) is 2.16. The van der Waals surface area contributed by atoms with Gasteiger partial charge in [-0.25, -0.2) is 0 Å². The Morgan fingerprint density at radius 1 is 1.43 bits per heavy atom. The van der Waals surface area contributed by atoms with Crippen molar-refractivity contribution >= 4 is 17.6 Å². The van der Waals surface area contributed by atoms with E-state index in [0.717, 1.165) is 0 Å². The van der Waals surface area contributed by atoms with Gasteiger partial charge in [0.05, 0.1) is 13.2 Å². The molecule has 0 aliphatic heterocycles. The lowest BCUT2D eigenvalue weighted by atomic mass is 9.86. The highest BCUT2D eigenvalue weighted by atomic mass is 16.5. The average Bonchev–Trinajstić information content (AvgIpc) is 2.46. The number of phenolic OH excluding ortho intramolecular Hbond substituents is 1. The number of methoxy groups -OCH3 is 1. The number of hydrogen-bond donors (Lipinski definition) is 2. The zero-order chi connectivity index (χ0) is 15.4. The monoisotopic (exact) mass is 288 g/mol. The van der Waals surface area contributed by atoms with Crippen LogP contribution in [0, 0.1) is 5.92 Å². The molecule has 2 rings (SSSR count). The molecule has 2 atom stereocenters. The van der Waals surface area contributed by atoms with Crippen LogP contribution in [0.1, 0.15) is 12.0 Å². The smallest absolute Gasteiger partial charge is 0.169 e. The summed E-state index contributed by atoms with van der Waals surface area (Å²) in [4.78, 5) is 23.7. The van der Waals surface area contributed by atoms with Crippen molar-refractivity contribution in [2.75, 3.05) is 7.11 Å². The number of ketones is 2. The zero-order valence-corrected chi connectivity index (χ0v) is 11.5. The quantitative estimate of drug-likeness (QED) is 0.648. The Morgan fingerprint density at radius 2 is 2.19 bits per heavy atom. The highest BCUT2D eigenvalue weighted by molar-refractivity contribution is 6.13. The number of ether oxygens (including phenoxy) is 1. The molecule has 0 saturated carbocycles. The maximum Gasteiger partial charge on any atom is 0.169 e. The van der Waals surface area contributed by atoms with Crippen LogP contribution in [-0.2, 0) is 9.59 Å². The second-order valence-corrected chi connectivity index (χ2v) is 4.75. The highest BCUT2D eigenvalue weighted by Crippen LogP contribution is 2.27. The van der Waals surface area contributed by atoms with Crippen molar-refractivity contribution in [1.82, 2.24) is 0 Å². The molecule has 1 aliphatic carbocycles. The van der Waals surface area contributed by atoms with Crippen molar-refractivity contribution in [2.45, 2.75) is 12.5 Å². The first kappa shape index (κ1) is 15.0. The summed E-state index contributed by atoms with van der Waals surface area (Å²) in [6.07, 6.45) is 4.98. The molecule has 0 spiro atoms. The van der Waals surface area contributed by atoms with Crippen LogP contribution in [-0.4, -0.2) is 35.0 Å². The average molecular weight is 288 g/mol. The van der Waals surface area contributed by atoms with E-state index in [0.29, 0.717) is 17.7 Å². The number of benzene rings is 1. The van der Waals surface area contributed by atoms with Crippen molar-refractivity contribution in [3.8, 4) is 11.5 Å². The molecule has 0 bridgehead atoms. The first-order valence-corrected chi connectivity index (χ1v) is 6.50. The Morgan fingerprint density at radius 3 is 2.86 bits per heavy atom. The Balaban J connectivity index is 2.15. The van der Waals surface area contributed by atoms with Gasteiger partial charge < -0.3 is 14.9 Å². The minimum atomic E-state index is -1.04. The molecule has 0 saturated heterocycles. The predicted octanol–water partition coefficient (Wildman–Crippen LogP) is 1.49. The number of rotatable bonds is 4. The van der Waals surface area contributed by atoms with E-state index in [-0.39, 0.29) is 11.5 Å². The van der Waals surface area contributed by atoms with Crippen molar-refractivity contribution < 1.29 is 24.5 Å². The molecule has 0 heterocycles. The third kappa shape index (κ3) is 3.38. The lowest BCUT2D eigenvalue weighted by Crippen LogP contribution is -2.35. The molecular weight excluding hydrogens is 272 g/mol. The fourth-order valence-corrected chi connectivity index (χ4v) is 2.16. The van der Waals surface area contributed by atoms with Crippen LogP contribution in [0.15, 0.2) is 36.4 Å². The van der Waals surface area contributed by atoms with Gasteiger partial charge in [0.15, 0.2) is 23.1 Å². The zero-order valence-electron chi connectivity index (χ0n) is 11.5. The van der Waals surface area contributed by atoms with E-state index in [4.69, 9.17) is 4.74 Å². The van der Waals surface area contributed by atoms with Gasteiger partial charge in [-0.15, -0.1) is 0 Å². The molecule has 1 aromatic carbocycles. The van der Waals surface area contributed by atoms with E-state index in [9.17, 15) is 19.8 Å². The van der Waals surface area contributed by atoms with Crippen LogP contribution < -0.4 is 4.74 Å². The van der Waals surface area contributed by atoms with Crippen molar-refractivity contribution in [1.29, 1.82) is 0 Å². The second-order valence-electron chi connectivity index (χ2n) is 4.75. The van der Waals surface area contributed by atoms with E-state index in [1.807, 2.05) is 0 Å². The molecular formula is C16H16O5. The van der Waals surface area contributed by atoms with E-state index in [2.05, 4.69) is 0 Å². The van der Waals surface area contributed by atoms with Gasteiger partial charge in [-0.1, -0.05) is 18.2 Å². The molecule has 1 aliphatic rings. The first-order chi connectivity index (χ1) is 10.0. The van der Waals surface area contributed by atoms with Gasteiger partial charge in [0.25, 0.3) is 0 Å². The molecule has 2 N–H and O–H groups in total. The summed E-state index contributed by atoms with van der Waals surface area (Å²) < 4.78 is 4.97. The molecule has 1 aromatic rings. The third-order valence-electron chi connectivity index (χ3n) is 3.30. The maximum atomic E-state index is 12.0. The molecule has 21 heavy (non-hydrogen) atoms. The maximum absolute atomic E-state index is 12.0. The van der Waals surface area contributed by atoms with Crippen LogP contribution in [0.2, 0.25) is 0 Å². The Kier molecular flexibility index (Phi) is 4.55. The van der Waals surface area contributed by atoms with Crippen LogP contribution in [0.25, 0.3) is 6.08 Å². The summed E-state index contributed by atoms with van der Waals surface area (Å²) in [6.45, 7) is 0. The SMILES string of the molecule is COc1cc(C=CC(=O)C2C(=O)C=CCC2O)ccc1O. The van der Waals surface area contributed by atoms with Gasteiger partial charge in [-0.05, 0) is 36.3 Å². The summed E-state index contributed by atoms with van der Waals surface area (Å²) in [5.41, 5.74) is 0.645. The Hall–Kier alpha value is -2.40. The van der Waals surface area contributed by atoms with E-state index in [1.165, 1.54) is 31.4 Å². The number of phenols is 1. The van der Waals surface area contributed by atoms with E-state index in [1.54, 1.807) is 18.2 Å². The number of aromatic hydroxyl groups is 1. The lowest BCUT2D eigenvalue weighted by Gasteiger charge is -2.20. The van der Waals surface area contributed by atoms with Gasteiger partial charge in [-0.3, -0.25) is 9.59 Å². The molecule has 0 radical (unpaired) electrons. The topological polar surface area (TPSA) is 83.8 Å². The molecule has 2 unspecified atom stereocenters. The molecule has 110 valence electrons. The summed E-state index contributed by atoms with van der Waals surface area (Å²) in [5, 5.41) is 19.2. The third-order valence-corrected chi connectivity index (χ3v) is 3.30. The minimum Gasteiger partial charge on any atom is -0.504 e. The van der Waals surface area contributed by atoms with Crippen LogP contribution in [0.3, 0.4) is 0 Å². The van der Waals surface area contributed by atoms with E-state index < -0.39 is 17.8 Å². The van der Waals surface area contributed by atoms with E-state index >= 15 is 0 Å². The van der Waals surface area contributed by atoms with Crippen LogP contribution in [0.4, 0.5) is 0 Å². The van der Waals surface area contributed by atoms with Crippen molar-refractivity contribution in [2.24, 2.45) is 5.92 Å². The number of carbonyl (C=O) groups is 2. The standard InChI is InChI=1S/C16H16O5/c1-21-15-9-10(5-7-11(15)17)6-8-14(20)16-12(18)3-2-4-13(16)19/h2-3,5-9,13,16-17,19H,4H2,1H3. The largest absolute Gasteiger partial charge is 0.504 e. The van der Waals surface area contributed by atoms with Crippen molar-refractivity contribution in [3.05, 3.63) is 42.0 Å². The normalized spacial score (nSPS) is 21.7.